The molecule has 0 saturated heterocycles. The van der Waals surface area contributed by atoms with Gasteiger partial charge in [0.1, 0.15) is 0 Å². The molecule has 0 unspecified atom stereocenters. The maximum Gasteiger partial charge on any atom is 0.204 e. The Balaban J connectivity index is 2.38. The molecule has 4 nitrogen and oxygen atoms in total. The number of hydrogen-bond donors (Lipinski definition) is 2. The number of benzene rings is 1. The van der Waals surface area contributed by atoms with Crippen LogP contribution in [0.5, 0.6) is 0 Å². The first-order valence-corrected chi connectivity index (χ1v) is 6.49. The summed E-state index contributed by atoms with van der Waals surface area (Å²) in [4.78, 5) is 10.3. The van der Waals surface area contributed by atoms with Crippen LogP contribution in [0.25, 0.3) is 11.0 Å². The number of rotatable bonds is 4. The van der Waals surface area contributed by atoms with Crippen LogP contribution in [0.2, 0.25) is 0 Å². The molecule has 0 saturated carbocycles. The van der Waals surface area contributed by atoms with Crippen LogP contribution in [-0.4, -0.2) is 22.6 Å². The van der Waals surface area contributed by atoms with Gasteiger partial charge in [-0.15, -0.1) is 0 Å². The van der Waals surface area contributed by atoms with Crippen molar-refractivity contribution in [2.75, 3.05) is 17.2 Å². The molecule has 3 N–H and O–H groups in total. The third-order valence-corrected chi connectivity index (χ3v) is 2.95. The lowest BCUT2D eigenvalue weighted by molar-refractivity contribution is 0.563. The van der Waals surface area contributed by atoms with E-state index in [-0.39, 0.29) is 0 Å². The number of anilines is 2. The van der Waals surface area contributed by atoms with E-state index in [4.69, 9.17) is 5.73 Å². The van der Waals surface area contributed by atoms with Crippen molar-refractivity contribution in [2.24, 2.45) is 5.92 Å². The molecule has 0 fully saturated rings. The van der Waals surface area contributed by atoms with Crippen molar-refractivity contribution >= 4 is 22.7 Å². The molecule has 0 bridgehead atoms. The van der Waals surface area contributed by atoms with Crippen molar-refractivity contribution in [1.29, 1.82) is 0 Å². The first-order chi connectivity index (χ1) is 8.47. The second kappa shape index (κ2) is 4.88. The fourth-order valence-electron chi connectivity index (χ4n) is 2.09. The monoisotopic (exact) mass is 246 g/mol. The van der Waals surface area contributed by atoms with Gasteiger partial charge in [0.25, 0.3) is 0 Å². The third kappa shape index (κ3) is 2.58. The molecule has 2 aromatic rings. The molecule has 0 aliphatic carbocycles. The highest BCUT2D eigenvalue weighted by molar-refractivity contribution is 5.80. The summed E-state index contributed by atoms with van der Waals surface area (Å²) >= 11 is 0. The molecule has 0 aliphatic heterocycles. The van der Waals surface area contributed by atoms with Crippen LogP contribution in [-0.2, 0) is 0 Å². The quantitative estimate of drug-likeness (QED) is 0.815. The molecule has 0 amide bonds. The van der Waals surface area contributed by atoms with Gasteiger partial charge in [0.15, 0.2) is 0 Å². The highest BCUT2D eigenvalue weighted by atomic mass is 15.3. The van der Waals surface area contributed by atoms with Gasteiger partial charge in [0.05, 0.1) is 11.0 Å². The average molecular weight is 246 g/mol. The number of hydrogen-bond acceptors (Lipinski definition) is 3. The summed E-state index contributed by atoms with van der Waals surface area (Å²) in [6.45, 7) is 9.80. The van der Waals surface area contributed by atoms with E-state index in [0.717, 1.165) is 29.2 Å². The van der Waals surface area contributed by atoms with Gasteiger partial charge in [-0.3, -0.25) is 0 Å². The zero-order valence-corrected chi connectivity index (χ0v) is 11.6. The van der Waals surface area contributed by atoms with E-state index in [2.05, 4.69) is 42.6 Å². The van der Waals surface area contributed by atoms with E-state index in [0.29, 0.717) is 12.0 Å². The molecule has 0 radical (unpaired) electrons. The van der Waals surface area contributed by atoms with Crippen LogP contribution in [0.15, 0.2) is 18.2 Å². The molecular weight excluding hydrogens is 224 g/mol. The maximum atomic E-state index is 5.79. The average Bonchev–Trinajstić information content (AvgIpc) is 2.67. The number of nitrogens with zero attached hydrogens (tertiary/aromatic N) is 2. The zero-order chi connectivity index (χ0) is 13.3. The van der Waals surface area contributed by atoms with Crippen LogP contribution in [0.1, 0.15) is 27.7 Å². The summed E-state index contributed by atoms with van der Waals surface area (Å²) in [6, 6.07) is 6.19. The number of H-pyrrole nitrogens is 1. The number of nitrogens with two attached hydrogens (primary N) is 1. The number of aromatic amines is 1. The number of nitrogen functional groups attached to an aromatic ring is 1. The predicted molar refractivity (Wildman–Crippen MR) is 77.8 cm³/mol. The molecule has 0 spiro atoms. The maximum absolute atomic E-state index is 5.79. The third-order valence-electron chi connectivity index (χ3n) is 2.95. The van der Waals surface area contributed by atoms with Gasteiger partial charge in [-0.1, -0.05) is 13.8 Å². The minimum absolute atomic E-state index is 0.422. The van der Waals surface area contributed by atoms with Crippen LogP contribution >= 0.6 is 0 Å². The van der Waals surface area contributed by atoms with Crippen molar-refractivity contribution in [2.45, 2.75) is 33.7 Å². The molecule has 0 aliphatic rings. The molecule has 4 heteroatoms. The van der Waals surface area contributed by atoms with E-state index in [9.17, 15) is 0 Å². The van der Waals surface area contributed by atoms with Gasteiger partial charge in [0.2, 0.25) is 5.95 Å². The zero-order valence-electron chi connectivity index (χ0n) is 11.6. The normalized spacial score (nSPS) is 11.7. The van der Waals surface area contributed by atoms with Gasteiger partial charge < -0.3 is 15.6 Å². The van der Waals surface area contributed by atoms with Crippen molar-refractivity contribution in [3.63, 3.8) is 0 Å². The van der Waals surface area contributed by atoms with Gasteiger partial charge in [-0.2, -0.15) is 0 Å². The second-order valence-electron chi connectivity index (χ2n) is 5.48. The van der Waals surface area contributed by atoms with Crippen LogP contribution in [0, 0.1) is 5.92 Å². The molecule has 98 valence electrons. The number of imidazole rings is 1. The predicted octanol–water partition coefficient (Wildman–Crippen LogP) is 3.02. The van der Waals surface area contributed by atoms with Crippen LogP contribution in [0.4, 0.5) is 11.6 Å². The second-order valence-corrected chi connectivity index (χ2v) is 5.48. The molecular formula is C14H22N4. The Morgan fingerprint density at radius 2 is 2.00 bits per heavy atom. The highest BCUT2D eigenvalue weighted by Gasteiger charge is 2.15. The Morgan fingerprint density at radius 3 is 2.61 bits per heavy atom. The molecule has 0 atom stereocenters. The first-order valence-electron chi connectivity index (χ1n) is 6.49. The Morgan fingerprint density at radius 1 is 1.28 bits per heavy atom. The fourth-order valence-corrected chi connectivity index (χ4v) is 2.09. The molecule has 1 aromatic carbocycles. The fraction of sp³-hybridized carbons (Fsp3) is 0.500. The van der Waals surface area contributed by atoms with Crippen LogP contribution in [0.3, 0.4) is 0 Å². The SMILES string of the molecule is CC(C)CN(c1nc2ccc(N)cc2[nH]1)C(C)C. The number of fused-ring (bicyclic) bond motifs is 1. The van der Waals surface area contributed by atoms with Crippen LogP contribution < -0.4 is 10.6 Å². The minimum Gasteiger partial charge on any atom is -0.399 e. The summed E-state index contributed by atoms with van der Waals surface area (Å²) in [5.41, 5.74) is 8.52. The molecule has 18 heavy (non-hydrogen) atoms. The van der Waals surface area contributed by atoms with Gasteiger partial charge in [-0.05, 0) is 38.0 Å². The largest absolute Gasteiger partial charge is 0.399 e. The summed E-state index contributed by atoms with van der Waals surface area (Å²) in [5.74, 6) is 1.53. The number of nitrogens with one attached hydrogen (secondary N) is 1. The Bertz CT molecular complexity index is 528. The standard InChI is InChI=1S/C14H22N4/c1-9(2)8-18(10(3)4)14-16-12-6-5-11(15)7-13(12)17-14/h5-7,9-10H,8,15H2,1-4H3,(H,16,17). The summed E-state index contributed by atoms with van der Waals surface area (Å²) in [6.07, 6.45) is 0. The van der Waals surface area contributed by atoms with Gasteiger partial charge in [-0.25, -0.2) is 4.98 Å². The van der Waals surface area contributed by atoms with Crippen molar-refractivity contribution in [3.8, 4) is 0 Å². The van der Waals surface area contributed by atoms with E-state index in [1.165, 1.54) is 0 Å². The Hall–Kier alpha value is -1.71. The summed E-state index contributed by atoms with van der Waals surface area (Å²) in [5, 5.41) is 0. The lowest BCUT2D eigenvalue weighted by Crippen LogP contribution is -2.34. The van der Waals surface area contributed by atoms with E-state index in [1.54, 1.807) is 0 Å². The van der Waals surface area contributed by atoms with E-state index >= 15 is 0 Å². The lowest BCUT2D eigenvalue weighted by atomic mass is 10.2. The van der Waals surface area contributed by atoms with E-state index in [1.807, 2.05) is 18.2 Å². The summed E-state index contributed by atoms with van der Waals surface area (Å²) < 4.78 is 0. The van der Waals surface area contributed by atoms with Crippen molar-refractivity contribution in [1.82, 2.24) is 9.97 Å². The van der Waals surface area contributed by atoms with Gasteiger partial charge >= 0.3 is 0 Å². The first kappa shape index (κ1) is 12.7. The van der Waals surface area contributed by atoms with E-state index < -0.39 is 0 Å². The number of aromatic nitrogens is 2. The Labute approximate surface area is 108 Å². The Kier molecular flexibility index (Phi) is 3.45. The molecule has 2 rings (SSSR count). The topological polar surface area (TPSA) is 57.9 Å². The molecule has 1 heterocycles. The van der Waals surface area contributed by atoms with Crippen molar-refractivity contribution < 1.29 is 0 Å². The summed E-state index contributed by atoms with van der Waals surface area (Å²) in [7, 11) is 0. The minimum atomic E-state index is 0.422. The smallest absolute Gasteiger partial charge is 0.204 e. The highest BCUT2D eigenvalue weighted by Crippen LogP contribution is 2.21. The lowest BCUT2D eigenvalue weighted by Gasteiger charge is -2.27. The van der Waals surface area contributed by atoms with Crippen molar-refractivity contribution in [3.05, 3.63) is 18.2 Å². The molecule has 1 aromatic heterocycles. The van der Waals surface area contributed by atoms with Gasteiger partial charge in [0, 0.05) is 18.3 Å².